The molecule has 1 unspecified atom stereocenters. The molecule has 9 heteroatoms. The lowest BCUT2D eigenvalue weighted by molar-refractivity contribution is -0.171. The van der Waals surface area contributed by atoms with Crippen LogP contribution in [0.15, 0.2) is 40.6 Å². The molecule has 29 heavy (non-hydrogen) atoms. The van der Waals surface area contributed by atoms with Crippen molar-refractivity contribution in [3.63, 3.8) is 0 Å². The van der Waals surface area contributed by atoms with E-state index in [1.807, 2.05) is 24.3 Å². The minimum absolute atomic E-state index is 0.0543. The van der Waals surface area contributed by atoms with E-state index in [1.54, 1.807) is 13.2 Å². The third kappa shape index (κ3) is 3.75. The quantitative estimate of drug-likeness (QED) is 0.822. The van der Waals surface area contributed by atoms with Gasteiger partial charge in [0, 0.05) is 16.5 Å². The minimum atomic E-state index is -1.04. The zero-order chi connectivity index (χ0) is 20.5. The summed E-state index contributed by atoms with van der Waals surface area (Å²) in [5.41, 5.74) is 9.36. The summed E-state index contributed by atoms with van der Waals surface area (Å²) < 4.78 is 5.19. The van der Waals surface area contributed by atoms with Crippen LogP contribution in [-0.4, -0.2) is 24.2 Å². The Morgan fingerprint density at radius 1 is 1.31 bits per heavy atom. The number of primary amides is 1. The smallest absolute Gasteiger partial charge is 0.429 e. The summed E-state index contributed by atoms with van der Waals surface area (Å²) in [7, 11) is 1.60. The molecule has 2 N–H and O–H groups in total. The molecule has 1 atom stereocenters. The lowest BCUT2D eigenvalue weighted by Crippen LogP contribution is -2.38. The van der Waals surface area contributed by atoms with Crippen LogP contribution in [0.5, 0.6) is 5.75 Å². The number of hydrogen-bond donors (Lipinski definition) is 1. The van der Waals surface area contributed by atoms with Gasteiger partial charge in [-0.25, -0.2) is 4.79 Å². The van der Waals surface area contributed by atoms with Crippen molar-refractivity contribution in [2.24, 2.45) is 21.9 Å². The highest BCUT2D eigenvalue weighted by Crippen LogP contribution is 2.41. The first-order valence-electron chi connectivity index (χ1n) is 9.08. The molecule has 2 amide bonds. The monoisotopic (exact) mass is 414 g/mol. The van der Waals surface area contributed by atoms with Gasteiger partial charge in [-0.15, -0.1) is 0 Å². The molecule has 0 spiro atoms. The zero-order valence-corrected chi connectivity index (χ0v) is 16.5. The van der Waals surface area contributed by atoms with Gasteiger partial charge in [-0.05, 0) is 47.7 Å². The van der Waals surface area contributed by atoms with Crippen LogP contribution < -0.4 is 10.5 Å². The average molecular weight is 415 g/mol. The number of rotatable bonds is 4. The fourth-order valence-corrected chi connectivity index (χ4v) is 4.03. The number of benzene rings is 2. The van der Waals surface area contributed by atoms with Crippen LogP contribution in [0.4, 0.5) is 10.5 Å². The predicted octanol–water partition coefficient (Wildman–Crippen LogP) is 3.70. The predicted molar refractivity (Wildman–Crippen MR) is 105 cm³/mol. The van der Waals surface area contributed by atoms with E-state index in [0.29, 0.717) is 30.1 Å². The number of carbonyl (C=O) groups excluding carboxylic acids is 2. The Bertz CT molecular complexity index is 1010. The van der Waals surface area contributed by atoms with Crippen LogP contribution in [0.3, 0.4) is 0 Å². The van der Waals surface area contributed by atoms with Gasteiger partial charge >= 0.3 is 6.09 Å². The van der Waals surface area contributed by atoms with Crippen molar-refractivity contribution >= 4 is 29.3 Å². The van der Waals surface area contributed by atoms with Crippen molar-refractivity contribution in [3.05, 3.63) is 57.6 Å². The van der Waals surface area contributed by atoms with Crippen LogP contribution in [0.1, 0.15) is 22.3 Å². The van der Waals surface area contributed by atoms with Crippen molar-refractivity contribution in [3.8, 4) is 5.75 Å². The second-order valence-electron chi connectivity index (χ2n) is 6.96. The molecule has 0 fully saturated rings. The average Bonchev–Trinajstić information content (AvgIpc) is 3.15. The lowest BCUT2D eigenvalue weighted by Gasteiger charge is -2.22. The number of fused-ring (bicyclic) bond motifs is 3. The molecule has 2 aromatic carbocycles. The number of hydrogen-bond acceptors (Lipinski definition) is 6. The van der Waals surface area contributed by atoms with Crippen LogP contribution in [-0.2, 0) is 35.6 Å². The molecule has 0 aromatic heterocycles. The Morgan fingerprint density at radius 2 is 2.07 bits per heavy atom. The first-order valence-corrected chi connectivity index (χ1v) is 9.46. The third-order valence-corrected chi connectivity index (χ3v) is 5.49. The number of azo groups is 1. The maximum absolute atomic E-state index is 13.1. The van der Waals surface area contributed by atoms with Gasteiger partial charge in [0.2, 0.25) is 0 Å². The second kappa shape index (κ2) is 7.71. The molecule has 8 nitrogen and oxygen atoms in total. The van der Waals surface area contributed by atoms with E-state index in [4.69, 9.17) is 26.9 Å². The van der Waals surface area contributed by atoms with E-state index in [9.17, 15) is 9.59 Å². The van der Waals surface area contributed by atoms with Gasteiger partial charge < -0.3 is 15.3 Å². The number of nitrogens with zero attached hydrogens (tertiary/aromatic N) is 3. The van der Waals surface area contributed by atoms with E-state index < -0.39 is 12.0 Å². The highest BCUT2D eigenvalue weighted by molar-refractivity contribution is 6.32. The number of methoxy groups -OCH3 is 1. The number of ether oxygens (including phenoxy) is 1. The summed E-state index contributed by atoms with van der Waals surface area (Å²) in [4.78, 5) is 29.5. The zero-order valence-electron chi connectivity index (χ0n) is 15.7. The molecule has 0 saturated heterocycles. The summed E-state index contributed by atoms with van der Waals surface area (Å²) >= 11 is 6.38. The maximum Gasteiger partial charge on any atom is 0.429 e. The van der Waals surface area contributed by atoms with E-state index in [1.165, 1.54) is 0 Å². The number of carbonyl (C=O) groups is 2. The summed E-state index contributed by atoms with van der Waals surface area (Å²) in [5, 5.41) is 9.88. The van der Waals surface area contributed by atoms with Crippen LogP contribution >= 0.6 is 11.6 Å². The molecular weight excluding hydrogens is 396 g/mol. The molecule has 0 bridgehead atoms. The molecule has 150 valence electrons. The van der Waals surface area contributed by atoms with Gasteiger partial charge in [-0.3, -0.25) is 4.79 Å². The van der Waals surface area contributed by atoms with Crippen LogP contribution in [0, 0.1) is 5.92 Å². The van der Waals surface area contributed by atoms with Crippen molar-refractivity contribution in [1.82, 2.24) is 5.06 Å². The highest BCUT2D eigenvalue weighted by atomic mass is 35.5. The van der Waals surface area contributed by atoms with Gasteiger partial charge in [0.25, 0.3) is 5.91 Å². The summed E-state index contributed by atoms with van der Waals surface area (Å²) in [6, 6.07) is 9.28. The highest BCUT2D eigenvalue weighted by Gasteiger charge is 2.35. The second-order valence-corrected chi connectivity index (χ2v) is 7.37. The number of amides is 2. The van der Waals surface area contributed by atoms with Gasteiger partial charge in [0.15, 0.2) is 0 Å². The summed E-state index contributed by atoms with van der Waals surface area (Å²) in [6.07, 6.45) is -0.163. The van der Waals surface area contributed by atoms with Gasteiger partial charge in [0.1, 0.15) is 5.75 Å². The van der Waals surface area contributed by atoms with Crippen molar-refractivity contribution in [2.45, 2.75) is 25.9 Å². The Labute approximate surface area is 172 Å². The molecule has 0 radical (unpaired) electrons. The largest absolute Gasteiger partial charge is 0.497 e. The van der Waals surface area contributed by atoms with Gasteiger partial charge in [0.05, 0.1) is 25.9 Å². The van der Waals surface area contributed by atoms with Gasteiger partial charge in [-0.2, -0.15) is 15.3 Å². The van der Waals surface area contributed by atoms with Crippen molar-refractivity contribution in [1.29, 1.82) is 0 Å². The van der Waals surface area contributed by atoms with E-state index in [0.717, 1.165) is 33.1 Å². The fourth-order valence-electron chi connectivity index (χ4n) is 3.75. The first kappa shape index (κ1) is 19.2. The Kier molecular flexibility index (Phi) is 5.10. The molecule has 2 aliphatic heterocycles. The Balaban J connectivity index is 1.72. The first-order chi connectivity index (χ1) is 14.0. The molecule has 4 rings (SSSR count). The molecule has 2 aliphatic rings. The molecule has 2 aromatic rings. The summed E-state index contributed by atoms with van der Waals surface area (Å²) in [6.45, 7) is 0.471. The topological polar surface area (TPSA) is 107 Å². The minimum Gasteiger partial charge on any atom is -0.497 e. The molecule has 0 aliphatic carbocycles. The van der Waals surface area contributed by atoms with E-state index in [2.05, 4.69) is 10.2 Å². The number of halogens is 1. The number of hydroxylamine groups is 2. The fraction of sp³-hybridized carbons (Fsp3) is 0.300. The lowest BCUT2D eigenvalue weighted by atomic mass is 9.89. The SMILES string of the molecule is COc1ccc(CC2Cc3c(cc(Cl)c4c3N=NC4)CN(OC(N)=O)C2=O)cc1. The van der Waals surface area contributed by atoms with E-state index >= 15 is 0 Å². The third-order valence-electron chi connectivity index (χ3n) is 5.15. The van der Waals surface area contributed by atoms with Crippen LogP contribution in [0.2, 0.25) is 5.02 Å². The summed E-state index contributed by atoms with van der Waals surface area (Å²) in [5.74, 6) is -0.0569. The van der Waals surface area contributed by atoms with Crippen LogP contribution in [0.25, 0.3) is 0 Å². The molecule has 0 saturated carbocycles. The maximum atomic E-state index is 13.1. The number of nitrogens with two attached hydrogens (primary N) is 1. The Hall–Kier alpha value is -3.13. The molecule has 2 heterocycles. The molecular formula is C20H19ClN4O4. The van der Waals surface area contributed by atoms with Crippen molar-refractivity contribution in [2.75, 3.05) is 7.11 Å². The normalized spacial score (nSPS) is 17.5. The van der Waals surface area contributed by atoms with E-state index in [-0.39, 0.29) is 12.5 Å². The van der Waals surface area contributed by atoms with Gasteiger partial charge in [-0.1, -0.05) is 23.7 Å². The Morgan fingerprint density at radius 3 is 2.76 bits per heavy atom. The standard InChI is InChI=1S/C20H19ClN4O4/c1-28-14-4-2-11(3-5-14)6-12-7-15-13(10-25(19(12)26)29-20(22)27)8-17(21)16-9-23-24-18(15)16/h2-5,8,12H,6-7,9-10H2,1H3,(H2,22,27). The van der Waals surface area contributed by atoms with Crippen molar-refractivity contribution < 1.29 is 19.2 Å².